The average molecular weight is 183 g/mol. The maximum Gasteiger partial charge on any atom is 0.0958 e. The molecule has 0 fully saturated rings. The lowest BCUT2D eigenvalue weighted by Crippen LogP contribution is -2.01. The molecular weight excluding hydrogens is 176 g/mol. The first-order valence-corrected chi connectivity index (χ1v) is 3.77. The van der Waals surface area contributed by atoms with Gasteiger partial charge in [-0.15, -0.1) is 0 Å². The Morgan fingerprint density at radius 1 is 1.75 bits per heavy atom. The Morgan fingerprint density at radius 2 is 2.50 bits per heavy atom. The van der Waals surface area contributed by atoms with Gasteiger partial charge in [-0.05, 0) is 11.6 Å². The molecular formula is C8H7ClN2O. The predicted molar refractivity (Wildman–Crippen MR) is 44.7 cm³/mol. The van der Waals surface area contributed by atoms with Crippen LogP contribution in [0, 0.1) is 11.3 Å². The second kappa shape index (κ2) is 4.05. The first-order chi connectivity index (χ1) is 5.79. The molecule has 0 aromatic carbocycles. The van der Waals surface area contributed by atoms with E-state index < -0.39 is 5.92 Å². The molecule has 1 aromatic heterocycles. The second-order valence-electron chi connectivity index (χ2n) is 2.26. The lowest BCUT2D eigenvalue weighted by Gasteiger charge is -2.06. The van der Waals surface area contributed by atoms with E-state index in [0.29, 0.717) is 10.6 Å². The number of nitriles is 1. The Bertz CT molecular complexity index is 308. The van der Waals surface area contributed by atoms with E-state index in [2.05, 4.69) is 4.98 Å². The van der Waals surface area contributed by atoms with Crippen LogP contribution in [0.15, 0.2) is 18.5 Å². The van der Waals surface area contributed by atoms with E-state index in [1.165, 1.54) is 6.20 Å². The van der Waals surface area contributed by atoms with Gasteiger partial charge in [0.2, 0.25) is 0 Å². The molecule has 0 amide bonds. The summed E-state index contributed by atoms with van der Waals surface area (Å²) in [5.74, 6) is -0.555. The van der Waals surface area contributed by atoms with E-state index in [4.69, 9.17) is 22.0 Å². The van der Waals surface area contributed by atoms with E-state index in [9.17, 15) is 0 Å². The highest BCUT2D eigenvalue weighted by Crippen LogP contribution is 2.22. The van der Waals surface area contributed by atoms with Crippen molar-refractivity contribution in [1.82, 2.24) is 4.98 Å². The van der Waals surface area contributed by atoms with Crippen molar-refractivity contribution >= 4 is 11.6 Å². The van der Waals surface area contributed by atoms with Crippen LogP contribution >= 0.6 is 11.6 Å². The normalized spacial score (nSPS) is 12.1. The summed E-state index contributed by atoms with van der Waals surface area (Å²) in [7, 11) is 0. The fraction of sp³-hybridized carbons (Fsp3) is 0.250. The van der Waals surface area contributed by atoms with Crippen molar-refractivity contribution < 1.29 is 5.11 Å². The van der Waals surface area contributed by atoms with Crippen LogP contribution in [0.2, 0.25) is 5.02 Å². The Hall–Kier alpha value is -1.11. The molecule has 62 valence electrons. The number of halogens is 1. The molecule has 1 unspecified atom stereocenters. The molecule has 0 bridgehead atoms. The van der Waals surface area contributed by atoms with Gasteiger partial charge in [0.15, 0.2) is 0 Å². The quantitative estimate of drug-likeness (QED) is 0.751. The van der Waals surface area contributed by atoms with Gasteiger partial charge >= 0.3 is 0 Å². The molecule has 0 aliphatic heterocycles. The summed E-state index contributed by atoms with van der Waals surface area (Å²) in [5, 5.41) is 17.8. The van der Waals surface area contributed by atoms with Crippen LogP contribution in [0.4, 0.5) is 0 Å². The van der Waals surface area contributed by atoms with Gasteiger partial charge in [0.25, 0.3) is 0 Å². The number of aliphatic hydroxyl groups is 1. The van der Waals surface area contributed by atoms with Crippen LogP contribution in [0.3, 0.4) is 0 Å². The molecule has 0 saturated heterocycles. The van der Waals surface area contributed by atoms with Crippen LogP contribution in [0.5, 0.6) is 0 Å². The molecule has 0 spiro atoms. The molecule has 1 heterocycles. The first-order valence-electron chi connectivity index (χ1n) is 3.39. The van der Waals surface area contributed by atoms with Crippen molar-refractivity contribution in [3.63, 3.8) is 0 Å². The summed E-state index contributed by atoms with van der Waals surface area (Å²) < 4.78 is 0. The second-order valence-corrected chi connectivity index (χ2v) is 2.67. The fourth-order valence-electron chi connectivity index (χ4n) is 0.877. The monoisotopic (exact) mass is 182 g/mol. The molecule has 12 heavy (non-hydrogen) atoms. The minimum atomic E-state index is -0.555. The van der Waals surface area contributed by atoms with Crippen LogP contribution in [-0.4, -0.2) is 16.7 Å². The van der Waals surface area contributed by atoms with Crippen LogP contribution in [0.1, 0.15) is 11.5 Å². The smallest absolute Gasteiger partial charge is 0.0958 e. The van der Waals surface area contributed by atoms with Crippen LogP contribution < -0.4 is 0 Å². The first kappa shape index (κ1) is 8.98. The number of nitrogens with zero attached hydrogens (tertiary/aromatic N) is 2. The van der Waals surface area contributed by atoms with Gasteiger partial charge in [-0.3, -0.25) is 4.98 Å². The highest BCUT2D eigenvalue weighted by atomic mass is 35.5. The Kier molecular flexibility index (Phi) is 3.03. The van der Waals surface area contributed by atoms with Crippen molar-refractivity contribution in [2.45, 2.75) is 5.92 Å². The minimum Gasteiger partial charge on any atom is -0.395 e. The highest BCUT2D eigenvalue weighted by Gasteiger charge is 2.11. The Balaban J connectivity index is 3.02. The zero-order valence-electron chi connectivity index (χ0n) is 6.24. The van der Waals surface area contributed by atoms with Crippen molar-refractivity contribution in [2.75, 3.05) is 6.61 Å². The van der Waals surface area contributed by atoms with E-state index in [1.54, 1.807) is 12.3 Å². The summed E-state index contributed by atoms with van der Waals surface area (Å²) in [4.78, 5) is 3.77. The van der Waals surface area contributed by atoms with Gasteiger partial charge < -0.3 is 5.11 Å². The third-order valence-corrected chi connectivity index (χ3v) is 1.83. The summed E-state index contributed by atoms with van der Waals surface area (Å²) in [5.41, 5.74) is 0.622. The molecule has 0 radical (unpaired) electrons. The maximum atomic E-state index is 8.80. The van der Waals surface area contributed by atoms with Gasteiger partial charge in [-0.2, -0.15) is 5.26 Å². The summed E-state index contributed by atoms with van der Waals surface area (Å²) in [6.45, 7) is -0.222. The van der Waals surface area contributed by atoms with Gasteiger partial charge in [0, 0.05) is 12.4 Å². The van der Waals surface area contributed by atoms with E-state index in [-0.39, 0.29) is 6.61 Å². The predicted octanol–water partition coefficient (Wildman–Crippen LogP) is 1.33. The molecule has 1 aromatic rings. The third kappa shape index (κ3) is 1.73. The van der Waals surface area contributed by atoms with Crippen molar-refractivity contribution in [1.29, 1.82) is 5.26 Å². The lowest BCUT2D eigenvalue weighted by atomic mass is 10.0. The minimum absolute atomic E-state index is 0.222. The SMILES string of the molecule is N#CC(CO)c1ccncc1Cl. The number of aromatic nitrogens is 1. The van der Waals surface area contributed by atoms with Gasteiger partial charge in [0.05, 0.1) is 23.6 Å². The van der Waals surface area contributed by atoms with Gasteiger partial charge in [0.1, 0.15) is 0 Å². The highest BCUT2D eigenvalue weighted by molar-refractivity contribution is 6.31. The molecule has 0 saturated carbocycles. The van der Waals surface area contributed by atoms with Gasteiger partial charge in [-0.1, -0.05) is 11.6 Å². The third-order valence-electron chi connectivity index (χ3n) is 1.52. The van der Waals surface area contributed by atoms with Crippen molar-refractivity contribution in [3.05, 3.63) is 29.0 Å². The van der Waals surface area contributed by atoms with Crippen LogP contribution in [0.25, 0.3) is 0 Å². The molecule has 1 atom stereocenters. The maximum absolute atomic E-state index is 8.80. The molecule has 0 aliphatic carbocycles. The largest absolute Gasteiger partial charge is 0.395 e. The van der Waals surface area contributed by atoms with Crippen molar-refractivity contribution in [2.24, 2.45) is 0 Å². The van der Waals surface area contributed by atoms with Crippen molar-refractivity contribution in [3.8, 4) is 6.07 Å². The molecule has 1 rings (SSSR count). The summed E-state index contributed by atoms with van der Waals surface area (Å²) >= 11 is 5.75. The average Bonchev–Trinajstić information content (AvgIpc) is 2.10. The number of rotatable bonds is 2. The zero-order chi connectivity index (χ0) is 8.97. The van der Waals surface area contributed by atoms with Gasteiger partial charge in [-0.25, -0.2) is 0 Å². The summed E-state index contributed by atoms with van der Waals surface area (Å²) in [6, 6.07) is 3.58. The number of hydrogen-bond acceptors (Lipinski definition) is 3. The Labute approximate surface area is 75.2 Å². The lowest BCUT2D eigenvalue weighted by molar-refractivity contribution is 0.286. The molecule has 3 nitrogen and oxygen atoms in total. The molecule has 0 aliphatic rings. The van der Waals surface area contributed by atoms with E-state index in [0.717, 1.165) is 0 Å². The standard InChI is InChI=1S/C8H7ClN2O/c9-8-4-11-2-1-7(8)6(3-10)5-12/h1-2,4,6,12H,5H2. The number of aliphatic hydroxyl groups excluding tert-OH is 1. The zero-order valence-corrected chi connectivity index (χ0v) is 6.99. The van der Waals surface area contributed by atoms with E-state index >= 15 is 0 Å². The number of pyridine rings is 1. The topological polar surface area (TPSA) is 56.9 Å². The number of hydrogen-bond donors (Lipinski definition) is 1. The molecule has 1 N–H and O–H groups in total. The molecule has 4 heteroatoms. The Morgan fingerprint density at radius 3 is 3.00 bits per heavy atom. The summed E-state index contributed by atoms with van der Waals surface area (Å²) in [6.07, 6.45) is 3.00. The fourth-order valence-corrected chi connectivity index (χ4v) is 1.13. The van der Waals surface area contributed by atoms with Crippen LogP contribution in [-0.2, 0) is 0 Å². The van der Waals surface area contributed by atoms with E-state index in [1.807, 2.05) is 6.07 Å².